The quantitative estimate of drug-likeness (QED) is 0.284. The number of carbonyl (C=O) groups excluding carboxylic acids is 1. The van der Waals surface area contributed by atoms with E-state index in [-0.39, 0.29) is 11.5 Å². The van der Waals surface area contributed by atoms with Crippen LogP contribution in [0.15, 0.2) is 76.7 Å². The molecule has 0 fully saturated rings. The maximum Gasteiger partial charge on any atom is 0.266 e. The molecule has 0 saturated heterocycles. The molecule has 4 rings (SSSR count). The monoisotopic (exact) mass is 494 g/mol. The number of aromatic nitrogens is 2. The molecule has 1 heterocycles. The van der Waals surface area contributed by atoms with E-state index in [4.69, 9.17) is 23.2 Å². The molecule has 0 saturated carbocycles. The van der Waals surface area contributed by atoms with Crippen LogP contribution in [-0.4, -0.2) is 20.7 Å². The number of fused-ring (bicyclic) bond motifs is 1. The number of benzene rings is 3. The van der Waals surface area contributed by atoms with Gasteiger partial charge in [-0.25, -0.2) is 4.98 Å². The van der Waals surface area contributed by atoms with Gasteiger partial charge in [0, 0.05) is 10.0 Å². The van der Waals surface area contributed by atoms with Gasteiger partial charge >= 0.3 is 0 Å². The summed E-state index contributed by atoms with van der Waals surface area (Å²) in [6, 6.07) is 20.5. The Morgan fingerprint density at radius 3 is 2.52 bits per heavy atom. The zero-order chi connectivity index (χ0) is 23.5. The summed E-state index contributed by atoms with van der Waals surface area (Å²) in [7, 11) is 0. The van der Waals surface area contributed by atoms with Crippen LogP contribution in [0.4, 0.5) is 5.69 Å². The Morgan fingerprint density at radius 1 is 1.09 bits per heavy atom. The molecular formula is C24H16Cl2N4O2S. The van der Waals surface area contributed by atoms with Crippen LogP contribution >= 0.6 is 35.0 Å². The SMILES string of the molecule is CC(Sc1nc2cc(Cl)ccc2c(=O)n1-c1ccc(Cl)cc1)C(=O)Nc1ccccc1C#N. The molecule has 9 heteroatoms. The van der Waals surface area contributed by atoms with Gasteiger partial charge in [-0.15, -0.1) is 0 Å². The van der Waals surface area contributed by atoms with Crippen molar-refractivity contribution in [2.24, 2.45) is 0 Å². The maximum absolute atomic E-state index is 13.4. The summed E-state index contributed by atoms with van der Waals surface area (Å²) < 4.78 is 1.45. The number of anilines is 1. The predicted molar refractivity (Wildman–Crippen MR) is 132 cm³/mol. The average Bonchev–Trinajstić information content (AvgIpc) is 2.80. The van der Waals surface area contributed by atoms with Crippen LogP contribution in [0.25, 0.3) is 16.6 Å². The van der Waals surface area contributed by atoms with E-state index in [0.717, 1.165) is 11.8 Å². The number of rotatable bonds is 5. The van der Waals surface area contributed by atoms with Crippen LogP contribution in [0.3, 0.4) is 0 Å². The number of thioether (sulfide) groups is 1. The lowest BCUT2D eigenvalue weighted by molar-refractivity contribution is -0.115. The highest BCUT2D eigenvalue weighted by Gasteiger charge is 2.21. The zero-order valence-electron chi connectivity index (χ0n) is 17.3. The van der Waals surface area contributed by atoms with Gasteiger partial charge in [0.05, 0.1) is 33.1 Å². The summed E-state index contributed by atoms with van der Waals surface area (Å²) >= 11 is 13.3. The number of nitrogens with one attached hydrogen (secondary N) is 1. The zero-order valence-corrected chi connectivity index (χ0v) is 19.6. The van der Waals surface area contributed by atoms with E-state index in [2.05, 4.69) is 16.4 Å². The van der Waals surface area contributed by atoms with E-state index in [1.54, 1.807) is 73.7 Å². The third kappa shape index (κ3) is 4.88. The van der Waals surface area contributed by atoms with Crippen molar-refractivity contribution in [1.29, 1.82) is 5.26 Å². The molecular weight excluding hydrogens is 479 g/mol. The van der Waals surface area contributed by atoms with Crippen LogP contribution in [0.5, 0.6) is 0 Å². The lowest BCUT2D eigenvalue weighted by atomic mass is 10.2. The minimum atomic E-state index is -0.626. The number of hydrogen-bond acceptors (Lipinski definition) is 5. The number of amides is 1. The molecule has 1 atom stereocenters. The summed E-state index contributed by atoms with van der Waals surface area (Å²) in [5.41, 5.74) is 1.50. The fraction of sp³-hybridized carbons (Fsp3) is 0.0833. The molecule has 0 aliphatic carbocycles. The third-order valence-corrected chi connectivity index (χ3v) is 6.38. The van der Waals surface area contributed by atoms with Crippen molar-refractivity contribution in [1.82, 2.24) is 9.55 Å². The largest absolute Gasteiger partial charge is 0.324 e. The minimum absolute atomic E-state index is 0.288. The van der Waals surface area contributed by atoms with E-state index in [0.29, 0.717) is 43.0 Å². The Kier molecular flexibility index (Phi) is 6.70. The van der Waals surface area contributed by atoms with Gasteiger partial charge in [0.1, 0.15) is 6.07 Å². The van der Waals surface area contributed by atoms with Crippen molar-refractivity contribution < 1.29 is 4.79 Å². The van der Waals surface area contributed by atoms with Crippen molar-refractivity contribution in [3.05, 3.63) is 92.7 Å². The molecule has 1 unspecified atom stereocenters. The van der Waals surface area contributed by atoms with Crippen molar-refractivity contribution in [3.8, 4) is 11.8 Å². The van der Waals surface area contributed by atoms with E-state index >= 15 is 0 Å². The van der Waals surface area contributed by atoms with Crippen LogP contribution in [0.1, 0.15) is 12.5 Å². The molecule has 6 nitrogen and oxygen atoms in total. The average molecular weight is 495 g/mol. The predicted octanol–water partition coefficient (Wildman–Crippen LogP) is 5.68. The number of halogens is 2. The molecule has 1 amide bonds. The second-order valence-corrected chi connectivity index (χ2v) is 9.26. The number of para-hydroxylation sites is 1. The maximum atomic E-state index is 13.4. The Bertz CT molecular complexity index is 1460. The van der Waals surface area contributed by atoms with Gasteiger partial charge in [0.25, 0.3) is 5.56 Å². The van der Waals surface area contributed by atoms with Crippen LogP contribution in [0.2, 0.25) is 10.0 Å². The minimum Gasteiger partial charge on any atom is -0.324 e. The number of carbonyl (C=O) groups is 1. The molecule has 0 radical (unpaired) electrons. The first-order valence-corrected chi connectivity index (χ1v) is 11.5. The van der Waals surface area contributed by atoms with Gasteiger partial charge in [0.2, 0.25) is 5.91 Å². The number of nitrogens with zero attached hydrogens (tertiary/aromatic N) is 3. The fourth-order valence-electron chi connectivity index (χ4n) is 3.17. The first-order valence-electron chi connectivity index (χ1n) is 9.82. The fourth-order valence-corrected chi connectivity index (χ4v) is 4.39. The topological polar surface area (TPSA) is 87.8 Å². The van der Waals surface area contributed by atoms with E-state index < -0.39 is 5.25 Å². The first-order chi connectivity index (χ1) is 15.9. The molecule has 0 aliphatic rings. The molecule has 1 aromatic heterocycles. The summed E-state index contributed by atoms with van der Waals surface area (Å²) in [5.74, 6) is -0.328. The summed E-state index contributed by atoms with van der Waals surface area (Å²) in [5, 5.41) is 13.1. The van der Waals surface area contributed by atoms with Crippen LogP contribution < -0.4 is 10.9 Å². The van der Waals surface area contributed by atoms with Crippen molar-refractivity contribution in [3.63, 3.8) is 0 Å². The van der Waals surface area contributed by atoms with Crippen molar-refractivity contribution in [2.45, 2.75) is 17.3 Å². The Morgan fingerprint density at radius 2 is 1.79 bits per heavy atom. The second-order valence-electron chi connectivity index (χ2n) is 7.08. The normalized spacial score (nSPS) is 11.7. The van der Waals surface area contributed by atoms with Gasteiger partial charge < -0.3 is 5.32 Å². The Labute approximate surface area is 203 Å². The highest BCUT2D eigenvalue weighted by molar-refractivity contribution is 8.00. The highest BCUT2D eigenvalue weighted by Crippen LogP contribution is 2.27. The highest BCUT2D eigenvalue weighted by atomic mass is 35.5. The standard InChI is InChI=1S/C24H16Cl2N4O2S/c1-14(22(31)28-20-5-3-2-4-15(20)13-27)33-24-29-21-12-17(26)8-11-19(21)23(32)30(24)18-9-6-16(25)7-10-18/h2-12,14H,1H3,(H,28,31). The molecule has 4 aromatic rings. The summed E-state index contributed by atoms with van der Waals surface area (Å²) in [6.07, 6.45) is 0. The summed E-state index contributed by atoms with van der Waals surface area (Å²) in [4.78, 5) is 30.9. The van der Waals surface area contributed by atoms with Gasteiger partial charge in [-0.2, -0.15) is 5.26 Å². The lowest BCUT2D eigenvalue weighted by Crippen LogP contribution is -2.26. The number of nitriles is 1. The van der Waals surface area contributed by atoms with Crippen LogP contribution in [-0.2, 0) is 4.79 Å². The van der Waals surface area contributed by atoms with Crippen LogP contribution in [0, 0.1) is 11.3 Å². The molecule has 164 valence electrons. The Balaban J connectivity index is 1.75. The van der Waals surface area contributed by atoms with Crippen molar-refractivity contribution >= 4 is 57.5 Å². The molecule has 0 bridgehead atoms. The van der Waals surface area contributed by atoms with E-state index in [1.807, 2.05) is 0 Å². The van der Waals surface area contributed by atoms with E-state index in [1.165, 1.54) is 4.57 Å². The second kappa shape index (κ2) is 9.67. The lowest BCUT2D eigenvalue weighted by Gasteiger charge is -2.17. The third-order valence-electron chi connectivity index (χ3n) is 4.84. The van der Waals surface area contributed by atoms with Gasteiger partial charge in [0.15, 0.2) is 5.16 Å². The molecule has 33 heavy (non-hydrogen) atoms. The molecule has 0 spiro atoms. The smallest absolute Gasteiger partial charge is 0.266 e. The molecule has 0 aliphatic heterocycles. The summed E-state index contributed by atoms with van der Waals surface area (Å²) in [6.45, 7) is 1.70. The van der Waals surface area contributed by atoms with Gasteiger partial charge in [-0.05, 0) is 61.5 Å². The molecule has 1 N–H and O–H groups in total. The number of hydrogen-bond donors (Lipinski definition) is 1. The Hall–Kier alpha value is -3.31. The van der Waals surface area contributed by atoms with Crippen molar-refractivity contribution in [2.75, 3.05) is 5.32 Å². The van der Waals surface area contributed by atoms with E-state index in [9.17, 15) is 14.9 Å². The van der Waals surface area contributed by atoms with Gasteiger partial charge in [-0.3, -0.25) is 14.2 Å². The first kappa shape index (κ1) is 22.9. The molecule has 3 aromatic carbocycles. The van der Waals surface area contributed by atoms with Gasteiger partial charge in [-0.1, -0.05) is 47.1 Å².